The molecule has 0 radical (unpaired) electrons. The first kappa shape index (κ1) is 17.7. The number of hydrogen-bond donors (Lipinski definition) is 2. The molecule has 0 aliphatic heterocycles. The molecular weight excluding hydrogens is 302 g/mol. The largest absolute Gasteiger partial charge is 0.497 e. The van der Waals surface area contributed by atoms with Gasteiger partial charge in [-0.2, -0.15) is 0 Å². The molecule has 0 spiro atoms. The van der Waals surface area contributed by atoms with Crippen molar-refractivity contribution < 1.29 is 9.47 Å². The van der Waals surface area contributed by atoms with Gasteiger partial charge < -0.3 is 20.5 Å². The molecule has 0 fully saturated rings. The highest BCUT2D eigenvalue weighted by atomic mass is 16.5. The molecule has 0 aliphatic carbocycles. The molecule has 0 saturated carbocycles. The van der Waals surface area contributed by atoms with Gasteiger partial charge in [-0.1, -0.05) is 24.3 Å². The van der Waals surface area contributed by atoms with Crippen LogP contribution in [-0.4, -0.2) is 26.7 Å². The van der Waals surface area contributed by atoms with Crippen molar-refractivity contribution in [3.8, 4) is 11.5 Å². The molecule has 128 valence electrons. The number of guanidine groups is 1. The second-order valence-electron chi connectivity index (χ2n) is 5.40. The molecule has 5 nitrogen and oxygen atoms in total. The third-order valence-corrected chi connectivity index (χ3v) is 3.68. The van der Waals surface area contributed by atoms with Crippen molar-refractivity contribution in [2.45, 2.75) is 19.3 Å². The van der Waals surface area contributed by atoms with Gasteiger partial charge in [-0.25, -0.2) is 0 Å². The lowest BCUT2D eigenvalue weighted by Crippen LogP contribution is -2.23. The van der Waals surface area contributed by atoms with E-state index in [4.69, 9.17) is 15.2 Å². The normalized spacial score (nSPS) is 11.2. The molecule has 2 aromatic rings. The maximum absolute atomic E-state index is 5.92. The number of para-hydroxylation sites is 2. The highest BCUT2D eigenvalue weighted by Crippen LogP contribution is 2.22. The van der Waals surface area contributed by atoms with Gasteiger partial charge in [0.1, 0.15) is 11.5 Å². The summed E-state index contributed by atoms with van der Waals surface area (Å²) in [6.45, 7) is 0.699. The molecule has 0 atom stereocenters. The van der Waals surface area contributed by atoms with Gasteiger partial charge in [0.2, 0.25) is 0 Å². The summed E-state index contributed by atoms with van der Waals surface area (Å²) in [5.74, 6) is 2.04. The number of hydrogen-bond acceptors (Lipinski definition) is 3. The molecule has 0 aromatic heterocycles. The average molecular weight is 327 g/mol. The number of rotatable bonds is 8. The molecular formula is C19H25N3O2. The van der Waals surface area contributed by atoms with E-state index in [0.717, 1.165) is 36.4 Å². The van der Waals surface area contributed by atoms with E-state index in [0.29, 0.717) is 12.5 Å². The van der Waals surface area contributed by atoms with E-state index in [1.54, 1.807) is 14.2 Å². The molecule has 24 heavy (non-hydrogen) atoms. The molecule has 3 N–H and O–H groups in total. The number of methoxy groups -OCH3 is 2. The predicted molar refractivity (Wildman–Crippen MR) is 99.0 cm³/mol. The number of nitrogens with one attached hydrogen (secondary N) is 1. The van der Waals surface area contributed by atoms with Gasteiger partial charge >= 0.3 is 0 Å². The van der Waals surface area contributed by atoms with E-state index in [1.165, 1.54) is 5.56 Å². The molecule has 0 unspecified atom stereocenters. The first-order chi connectivity index (χ1) is 11.7. The van der Waals surface area contributed by atoms with Crippen molar-refractivity contribution in [3.05, 3.63) is 54.1 Å². The third kappa shape index (κ3) is 5.50. The summed E-state index contributed by atoms with van der Waals surface area (Å²) in [7, 11) is 3.31. The number of nitrogens with two attached hydrogens (primary N) is 1. The smallest absolute Gasteiger partial charge is 0.193 e. The maximum Gasteiger partial charge on any atom is 0.193 e. The monoisotopic (exact) mass is 327 g/mol. The zero-order valence-electron chi connectivity index (χ0n) is 14.3. The zero-order valence-corrected chi connectivity index (χ0v) is 14.3. The van der Waals surface area contributed by atoms with E-state index < -0.39 is 0 Å². The standard InChI is InChI=1S/C19H25N3O2/c1-23-16-12-10-15(11-13-16)7-5-6-14-21-19(20)22-17-8-3-4-9-18(17)24-2/h3-4,8-13H,5-7,14H2,1-2H3,(H3,20,21,22). The van der Waals surface area contributed by atoms with E-state index in [2.05, 4.69) is 22.4 Å². The van der Waals surface area contributed by atoms with Crippen LogP contribution in [0.15, 0.2) is 53.5 Å². The SMILES string of the molecule is COc1ccc(CCCCN=C(N)Nc2ccccc2OC)cc1. The number of aliphatic imine (C=N–C) groups is 1. The Kier molecular flexibility index (Phi) is 6.95. The summed E-state index contributed by atoms with van der Waals surface area (Å²) < 4.78 is 10.4. The highest BCUT2D eigenvalue weighted by molar-refractivity contribution is 5.93. The molecule has 0 saturated heterocycles. The van der Waals surface area contributed by atoms with Crippen LogP contribution in [-0.2, 0) is 6.42 Å². The van der Waals surface area contributed by atoms with Crippen molar-refractivity contribution in [3.63, 3.8) is 0 Å². The van der Waals surface area contributed by atoms with Crippen molar-refractivity contribution >= 4 is 11.6 Å². The van der Waals surface area contributed by atoms with Gasteiger partial charge in [-0.3, -0.25) is 4.99 Å². The van der Waals surface area contributed by atoms with Crippen molar-refractivity contribution in [1.82, 2.24) is 0 Å². The van der Waals surface area contributed by atoms with E-state index in [-0.39, 0.29) is 0 Å². The molecule has 2 aromatic carbocycles. The fourth-order valence-corrected chi connectivity index (χ4v) is 2.36. The number of aryl methyl sites for hydroxylation is 1. The number of unbranched alkanes of at least 4 members (excludes halogenated alkanes) is 1. The molecule has 0 heterocycles. The molecule has 0 aliphatic rings. The summed E-state index contributed by atoms with van der Waals surface area (Å²) in [6.07, 6.45) is 3.08. The second kappa shape index (κ2) is 9.45. The number of anilines is 1. The van der Waals surface area contributed by atoms with Gasteiger partial charge in [-0.15, -0.1) is 0 Å². The van der Waals surface area contributed by atoms with Crippen LogP contribution in [0.5, 0.6) is 11.5 Å². The van der Waals surface area contributed by atoms with Crippen molar-refractivity contribution in [2.24, 2.45) is 10.7 Å². The van der Waals surface area contributed by atoms with Crippen LogP contribution in [0.4, 0.5) is 5.69 Å². The van der Waals surface area contributed by atoms with Gasteiger partial charge in [0.15, 0.2) is 5.96 Å². The summed E-state index contributed by atoms with van der Waals surface area (Å²) in [5.41, 5.74) is 8.05. The summed E-state index contributed by atoms with van der Waals surface area (Å²) in [4.78, 5) is 4.36. The van der Waals surface area contributed by atoms with Gasteiger partial charge in [0.05, 0.1) is 19.9 Å². The lowest BCUT2D eigenvalue weighted by Gasteiger charge is -2.10. The minimum atomic E-state index is 0.406. The van der Waals surface area contributed by atoms with E-state index >= 15 is 0 Å². The Morgan fingerprint density at radius 1 is 1.00 bits per heavy atom. The number of ether oxygens (including phenoxy) is 2. The Morgan fingerprint density at radius 2 is 1.75 bits per heavy atom. The summed E-state index contributed by atoms with van der Waals surface area (Å²) in [6, 6.07) is 15.8. The van der Waals surface area contributed by atoms with Crippen LogP contribution in [0, 0.1) is 0 Å². The lowest BCUT2D eigenvalue weighted by molar-refractivity contribution is 0.414. The van der Waals surface area contributed by atoms with Crippen LogP contribution in [0.25, 0.3) is 0 Å². The highest BCUT2D eigenvalue weighted by Gasteiger charge is 2.02. The summed E-state index contributed by atoms with van der Waals surface area (Å²) in [5, 5.41) is 3.07. The second-order valence-corrected chi connectivity index (χ2v) is 5.40. The molecule has 0 amide bonds. The van der Waals surface area contributed by atoms with Gasteiger partial charge in [0.25, 0.3) is 0 Å². The van der Waals surface area contributed by atoms with E-state index in [1.807, 2.05) is 36.4 Å². The fourth-order valence-electron chi connectivity index (χ4n) is 2.36. The average Bonchev–Trinajstić information content (AvgIpc) is 2.62. The van der Waals surface area contributed by atoms with Crippen LogP contribution < -0.4 is 20.5 Å². The van der Waals surface area contributed by atoms with Crippen LogP contribution in [0.1, 0.15) is 18.4 Å². The van der Waals surface area contributed by atoms with Crippen molar-refractivity contribution in [1.29, 1.82) is 0 Å². The fraction of sp³-hybridized carbons (Fsp3) is 0.316. The third-order valence-electron chi connectivity index (χ3n) is 3.68. The Bertz CT molecular complexity index is 654. The Hall–Kier alpha value is -2.69. The number of nitrogens with zero attached hydrogens (tertiary/aromatic N) is 1. The minimum absolute atomic E-state index is 0.406. The van der Waals surface area contributed by atoms with Crippen LogP contribution in [0.3, 0.4) is 0 Å². The minimum Gasteiger partial charge on any atom is -0.497 e. The Balaban J connectivity index is 1.72. The Labute approximate surface area is 143 Å². The summed E-state index contributed by atoms with van der Waals surface area (Å²) >= 11 is 0. The predicted octanol–water partition coefficient (Wildman–Crippen LogP) is 3.45. The zero-order chi connectivity index (χ0) is 17.2. The van der Waals surface area contributed by atoms with Crippen molar-refractivity contribution in [2.75, 3.05) is 26.1 Å². The molecule has 0 bridgehead atoms. The first-order valence-electron chi connectivity index (χ1n) is 8.06. The lowest BCUT2D eigenvalue weighted by atomic mass is 10.1. The van der Waals surface area contributed by atoms with Crippen LogP contribution >= 0.6 is 0 Å². The molecule has 5 heteroatoms. The quantitative estimate of drug-likeness (QED) is 0.443. The topological polar surface area (TPSA) is 68.9 Å². The van der Waals surface area contributed by atoms with Crippen LogP contribution in [0.2, 0.25) is 0 Å². The number of benzene rings is 2. The van der Waals surface area contributed by atoms with E-state index in [9.17, 15) is 0 Å². The molecule has 2 rings (SSSR count). The Morgan fingerprint density at radius 3 is 2.46 bits per heavy atom. The first-order valence-corrected chi connectivity index (χ1v) is 8.06. The van der Waals surface area contributed by atoms with Gasteiger partial charge in [-0.05, 0) is 49.1 Å². The maximum atomic E-state index is 5.92. The van der Waals surface area contributed by atoms with Gasteiger partial charge in [0, 0.05) is 6.54 Å².